The molecule has 2 saturated heterocycles. The molecule has 0 saturated carbocycles. The van der Waals surface area contributed by atoms with Crippen molar-refractivity contribution in [2.45, 2.75) is 83.6 Å². The lowest BCUT2D eigenvalue weighted by molar-refractivity contribution is -0.193. The van der Waals surface area contributed by atoms with Crippen LogP contribution in [-0.2, 0) is 25.7 Å². The summed E-state index contributed by atoms with van der Waals surface area (Å²) in [6.45, 7) is 10.2. The molecule has 5 N–H and O–H groups in total. The van der Waals surface area contributed by atoms with Gasteiger partial charge in [0, 0.05) is 47.9 Å². The van der Waals surface area contributed by atoms with E-state index in [1.807, 2.05) is 58.0 Å². The maximum Gasteiger partial charge on any atom is 0.490 e. The molecule has 5 rings (SSSR count). The number of likely N-dealkylation sites (tertiary alicyclic amines) is 2. The van der Waals surface area contributed by atoms with Gasteiger partial charge in [0.1, 0.15) is 18.0 Å². The second-order valence-electron chi connectivity index (χ2n) is 14.5. The first-order valence-corrected chi connectivity index (χ1v) is 18.0. The van der Waals surface area contributed by atoms with Crippen molar-refractivity contribution in [2.24, 2.45) is 5.92 Å². The molecule has 3 heterocycles. The van der Waals surface area contributed by atoms with Gasteiger partial charge in [-0.25, -0.2) is 19.9 Å². The van der Waals surface area contributed by atoms with Crippen molar-refractivity contribution in [3.8, 4) is 5.75 Å². The molecule has 3 amide bonds. The number of hydrogen-bond acceptors (Lipinski definition) is 10. The number of fused-ring (bicyclic) bond motifs is 1. The van der Waals surface area contributed by atoms with Crippen LogP contribution in [0.1, 0.15) is 61.6 Å². The quantitative estimate of drug-likeness (QED) is 0.110. The number of ether oxygens (including phenoxy) is 2. The molecule has 59 heavy (non-hydrogen) atoms. The number of amides is 3. The van der Waals surface area contributed by atoms with Gasteiger partial charge in [-0.1, -0.05) is 18.2 Å². The van der Waals surface area contributed by atoms with Crippen LogP contribution in [-0.4, -0.2) is 116 Å². The molecule has 0 spiro atoms. The highest BCUT2D eigenvalue weighted by atomic mass is 19.4. The minimum atomic E-state index is -5.08. The van der Waals surface area contributed by atoms with Gasteiger partial charge in [-0.3, -0.25) is 24.7 Å². The number of para-hydroxylation sites is 1. The molecule has 0 aliphatic carbocycles. The summed E-state index contributed by atoms with van der Waals surface area (Å²) >= 11 is 0. The van der Waals surface area contributed by atoms with Gasteiger partial charge in [-0.2, -0.15) is 26.3 Å². The number of aryl methyl sites for hydroxylation is 1. The number of aliphatic carboxylic acids is 2. The fraction of sp³-hybridized carbons (Fsp3) is 0.474. The standard InChI is InChI=1S/C34H43N5O6.2C2HF3O2/c1-22-19-24(27-7-5-6-8-29(27)35-22)21-44-26-11-9-23(10-12-26)31(40)36-30-20-39(18-15-28(30)32(41)37-43)25-13-16-38(17-14-25)33(42)45-34(2,3)4;2*3-2(4,5)1(6)7/h5-12,19,25,28,30,43H,13-18,20-21H2,1-4H3,(H,36,40)(H,37,41);2*(H,6,7)/t28-,30+;;/m0../s1. The van der Waals surface area contributed by atoms with E-state index in [1.165, 1.54) is 0 Å². The lowest BCUT2D eigenvalue weighted by Crippen LogP contribution is -2.59. The Morgan fingerprint density at radius 3 is 1.93 bits per heavy atom. The van der Waals surface area contributed by atoms with Crippen LogP contribution >= 0.6 is 0 Å². The fourth-order valence-electron chi connectivity index (χ4n) is 6.22. The predicted molar refractivity (Wildman–Crippen MR) is 196 cm³/mol. The van der Waals surface area contributed by atoms with E-state index in [0.29, 0.717) is 50.5 Å². The Morgan fingerprint density at radius 2 is 1.41 bits per heavy atom. The molecule has 2 aliphatic heterocycles. The Morgan fingerprint density at radius 1 is 0.847 bits per heavy atom. The van der Waals surface area contributed by atoms with Crippen LogP contribution in [0, 0.1) is 12.8 Å². The van der Waals surface area contributed by atoms with Crippen molar-refractivity contribution in [3.63, 3.8) is 0 Å². The third-order valence-electron chi connectivity index (χ3n) is 8.97. The molecule has 0 bridgehead atoms. The minimum absolute atomic E-state index is 0.207. The molecule has 0 unspecified atom stereocenters. The van der Waals surface area contributed by atoms with E-state index in [-0.39, 0.29) is 18.0 Å². The van der Waals surface area contributed by atoms with Crippen molar-refractivity contribution in [3.05, 3.63) is 71.4 Å². The van der Waals surface area contributed by atoms with E-state index in [1.54, 1.807) is 34.6 Å². The summed E-state index contributed by atoms with van der Waals surface area (Å²) in [5.41, 5.74) is 4.54. The van der Waals surface area contributed by atoms with Crippen molar-refractivity contribution in [1.29, 1.82) is 0 Å². The van der Waals surface area contributed by atoms with E-state index in [2.05, 4.69) is 15.2 Å². The number of nitrogens with one attached hydrogen (secondary N) is 2. The number of alkyl halides is 6. The Kier molecular flexibility index (Phi) is 16.4. The lowest BCUT2D eigenvalue weighted by Gasteiger charge is -2.44. The second-order valence-corrected chi connectivity index (χ2v) is 14.5. The number of carboxylic acid groups (broad SMARTS) is 2. The molecule has 2 atom stereocenters. The van der Waals surface area contributed by atoms with Gasteiger partial charge >= 0.3 is 30.4 Å². The number of hydrogen-bond donors (Lipinski definition) is 5. The van der Waals surface area contributed by atoms with Gasteiger partial charge in [-0.15, -0.1) is 0 Å². The number of aromatic nitrogens is 1. The normalized spacial score (nSPS) is 17.6. The molecule has 3 aromatic rings. The van der Waals surface area contributed by atoms with Gasteiger partial charge < -0.3 is 29.9 Å². The largest absolute Gasteiger partial charge is 0.490 e. The zero-order valence-electron chi connectivity index (χ0n) is 32.4. The molecular formula is C38H45F6N5O10. The average molecular weight is 846 g/mol. The number of hydroxylamine groups is 1. The SMILES string of the molecule is Cc1cc(COc2ccc(C(=O)N[C@@H]3CN(C4CCN(C(=O)OC(C)(C)C)CC4)CC[C@@H]3C(=O)NO)cc2)c2ccccc2n1.O=C(O)C(F)(F)F.O=C(O)C(F)(F)F. The predicted octanol–water partition coefficient (Wildman–Crippen LogP) is 5.71. The minimum Gasteiger partial charge on any atom is -0.489 e. The first-order chi connectivity index (χ1) is 27.4. The molecule has 21 heteroatoms. The average Bonchev–Trinajstić information content (AvgIpc) is 3.16. The molecule has 1 aromatic heterocycles. The lowest BCUT2D eigenvalue weighted by atomic mass is 9.88. The molecule has 2 aromatic carbocycles. The molecule has 2 fully saturated rings. The summed E-state index contributed by atoms with van der Waals surface area (Å²) in [7, 11) is 0. The molecule has 15 nitrogen and oxygen atoms in total. The number of benzene rings is 2. The first kappa shape index (κ1) is 47.7. The van der Waals surface area contributed by atoms with Gasteiger partial charge in [0.25, 0.3) is 5.91 Å². The van der Waals surface area contributed by atoms with Crippen LogP contribution in [0.3, 0.4) is 0 Å². The topological polar surface area (TPSA) is 208 Å². The summed E-state index contributed by atoms with van der Waals surface area (Å²) in [5.74, 6) is -6.27. The first-order valence-electron chi connectivity index (χ1n) is 18.0. The van der Waals surface area contributed by atoms with Crippen molar-refractivity contribution in [2.75, 3.05) is 26.2 Å². The second kappa shape index (κ2) is 20.3. The molecular weight excluding hydrogens is 800 g/mol. The van der Waals surface area contributed by atoms with Gasteiger partial charge in [0.05, 0.1) is 17.5 Å². The number of rotatable bonds is 7. The number of carbonyl (C=O) groups excluding carboxylic acids is 3. The number of piperidine rings is 2. The maximum atomic E-state index is 13.3. The monoisotopic (exact) mass is 845 g/mol. The fourth-order valence-corrected chi connectivity index (χ4v) is 6.22. The van der Waals surface area contributed by atoms with Crippen molar-refractivity contribution >= 4 is 40.7 Å². The number of carboxylic acids is 2. The summed E-state index contributed by atoms with van der Waals surface area (Å²) in [5, 5.41) is 27.7. The third kappa shape index (κ3) is 14.9. The van der Waals surface area contributed by atoms with Gasteiger partial charge in [0.2, 0.25) is 5.91 Å². The van der Waals surface area contributed by atoms with Crippen LogP contribution in [0.2, 0.25) is 0 Å². The molecule has 324 valence electrons. The van der Waals surface area contributed by atoms with Gasteiger partial charge in [0.15, 0.2) is 0 Å². The number of nitrogens with zero attached hydrogens (tertiary/aromatic N) is 3. The molecule has 0 radical (unpaired) electrons. The summed E-state index contributed by atoms with van der Waals surface area (Å²) in [6.07, 6.45) is -8.44. The zero-order valence-corrected chi connectivity index (χ0v) is 32.4. The van der Waals surface area contributed by atoms with Crippen LogP contribution in [0.25, 0.3) is 10.9 Å². The zero-order chi connectivity index (χ0) is 44.3. The number of carbonyl (C=O) groups is 5. The van der Waals surface area contributed by atoms with E-state index in [9.17, 15) is 45.9 Å². The van der Waals surface area contributed by atoms with E-state index < -0.39 is 47.8 Å². The Bertz CT molecular complexity index is 1910. The Balaban J connectivity index is 0.000000569. The summed E-state index contributed by atoms with van der Waals surface area (Å²) in [4.78, 5) is 64.8. The van der Waals surface area contributed by atoms with Crippen LogP contribution < -0.4 is 15.5 Å². The van der Waals surface area contributed by atoms with E-state index >= 15 is 0 Å². The van der Waals surface area contributed by atoms with Crippen LogP contribution in [0.15, 0.2) is 54.6 Å². The maximum absolute atomic E-state index is 13.3. The van der Waals surface area contributed by atoms with Crippen LogP contribution in [0.4, 0.5) is 31.1 Å². The summed E-state index contributed by atoms with van der Waals surface area (Å²) < 4.78 is 75.0. The van der Waals surface area contributed by atoms with E-state index in [0.717, 1.165) is 35.0 Å². The highest BCUT2D eigenvalue weighted by Crippen LogP contribution is 2.27. The Hall–Kier alpha value is -5.70. The number of pyridine rings is 1. The van der Waals surface area contributed by atoms with Gasteiger partial charge in [-0.05, 0) is 89.9 Å². The highest BCUT2D eigenvalue weighted by Gasteiger charge is 2.40. The summed E-state index contributed by atoms with van der Waals surface area (Å²) in [6, 6.07) is 16.6. The third-order valence-corrected chi connectivity index (χ3v) is 8.97. The number of halogens is 6. The molecule has 2 aliphatic rings. The Labute approximate surface area is 334 Å². The van der Waals surface area contributed by atoms with Crippen LogP contribution in [0.5, 0.6) is 5.75 Å². The van der Waals surface area contributed by atoms with Crippen molar-refractivity contribution < 1.29 is 75.2 Å². The van der Waals surface area contributed by atoms with Crippen molar-refractivity contribution in [1.82, 2.24) is 25.6 Å². The smallest absolute Gasteiger partial charge is 0.489 e. The van der Waals surface area contributed by atoms with E-state index in [4.69, 9.17) is 29.3 Å². The highest BCUT2D eigenvalue weighted by molar-refractivity contribution is 5.95.